The normalized spacial score (nSPS) is 17.3. The molecule has 1 saturated heterocycles. The van der Waals surface area contributed by atoms with Crippen LogP contribution in [-0.4, -0.2) is 35.4 Å². The van der Waals surface area contributed by atoms with Gasteiger partial charge in [-0.3, -0.25) is 9.59 Å². The summed E-state index contributed by atoms with van der Waals surface area (Å²) in [6, 6.07) is -0.192. The molecule has 2 rings (SSSR count). The van der Waals surface area contributed by atoms with Crippen molar-refractivity contribution in [2.75, 3.05) is 11.9 Å². The first-order valence-corrected chi connectivity index (χ1v) is 7.03. The summed E-state index contributed by atoms with van der Waals surface area (Å²) in [6.45, 7) is -0.690. The number of anilines is 1. The number of nitrogens with one attached hydrogen (secondary N) is 2. The number of carbonyl (C=O) groups is 3. The van der Waals surface area contributed by atoms with Crippen LogP contribution < -0.4 is 10.6 Å². The number of nitrogens with zero attached hydrogens (tertiary/aromatic N) is 1. The van der Waals surface area contributed by atoms with Crippen LogP contribution in [0.25, 0.3) is 0 Å². The Morgan fingerprint density at radius 3 is 2.71 bits per heavy atom. The third kappa shape index (κ3) is 4.57. The lowest BCUT2D eigenvalue weighted by atomic mass is 10.2. The molecule has 0 aliphatic carbocycles. The second kappa shape index (κ2) is 7.04. The minimum absolute atomic E-state index is 0.192. The average molecular weight is 366 g/mol. The SMILES string of the molecule is O=C(COC(=O)C1CCC(=O)N1)Nc1ncc(C(F)(F)F)cc1Cl. The molecule has 24 heavy (non-hydrogen) atoms. The zero-order valence-electron chi connectivity index (χ0n) is 11.9. The maximum atomic E-state index is 12.5. The van der Waals surface area contributed by atoms with E-state index in [-0.39, 0.29) is 24.6 Å². The Bertz CT molecular complexity index is 681. The van der Waals surface area contributed by atoms with E-state index < -0.39 is 41.3 Å². The molecule has 0 bridgehead atoms. The molecule has 1 aromatic heterocycles. The molecule has 2 heterocycles. The highest BCUT2D eigenvalue weighted by atomic mass is 35.5. The number of pyridine rings is 1. The number of alkyl halides is 3. The van der Waals surface area contributed by atoms with Crippen LogP contribution in [-0.2, 0) is 25.3 Å². The number of carbonyl (C=O) groups excluding carboxylic acids is 3. The molecule has 1 aliphatic rings. The molecule has 2 amide bonds. The summed E-state index contributed by atoms with van der Waals surface area (Å²) >= 11 is 5.63. The van der Waals surface area contributed by atoms with Crippen molar-refractivity contribution < 1.29 is 32.3 Å². The van der Waals surface area contributed by atoms with Crippen LogP contribution in [0.1, 0.15) is 18.4 Å². The highest BCUT2D eigenvalue weighted by Crippen LogP contribution is 2.32. The summed E-state index contributed by atoms with van der Waals surface area (Å²) in [5.41, 5.74) is -1.06. The minimum atomic E-state index is -4.61. The van der Waals surface area contributed by atoms with Gasteiger partial charge in [0.15, 0.2) is 12.4 Å². The number of rotatable bonds is 4. The number of amides is 2. The van der Waals surface area contributed by atoms with Crippen LogP contribution in [0.15, 0.2) is 12.3 Å². The second-order valence-corrected chi connectivity index (χ2v) is 5.27. The maximum absolute atomic E-state index is 12.5. The molecule has 7 nitrogen and oxygen atoms in total. The molecule has 1 fully saturated rings. The lowest BCUT2D eigenvalue weighted by molar-refractivity contribution is -0.149. The molecule has 0 saturated carbocycles. The molecule has 1 aliphatic heterocycles. The molecule has 1 atom stereocenters. The van der Waals surface area contributed by atoms with Gasteiger partial charge in [0.25, 0.3) is 5.91 Å². The van der Waals surface area contributed by atoms with Crippen molar-refractivity contribution in [3.8, 4) is 0 Å². The second-order valence-electron chi connectivity index (χ2n) is 4.87. The molecule has 130 valence electrons. The zero-order valence-corrected chi connectivity index (χ0v) is 12.7. The van der Waals surface area contributed by atoms with Gasteiger partial charge in [0.1, 0.15) is 6.04 Å². The van der Waals surface area contributed by atoms with Crippen molar-refractivity contribution in [1.29, 1.82) is 0 Å². The first-order valence-electron chi connectivity index (χ1n) is 6.65. The van der Waals surface area contributed by atoms with Crippen LogP contribution in [0.2, 0.25) is 5.02 Å². The maximum Gasteiger partial charge on any atom is 0.417 e. The van der Waals surface area contributed by atoms with Crippen molar-refractivity contribution in [1.82, 2.24) is 10.3 Å². The summed E-state index contributed by atoms with van der Waals surface area (Å²) in [5, 5.41) is 4.09. The van der Waals surface area contributed by atoms with Gasteiger partial charge in [-0.2, -0.15) is 13.2 Å². The van der Waals surface area contributed by atoms with Gasteiger partial charge in [-0.05, 0) is 12.5 Å². The Morgan fingerprint density at radius 2 is 2.17 bits per heavy atom. The first kappa shape index (κ1) is 18.0. The Labute approximate surface area is 138 Å². The Hall–Kier alpha value is -2.36. The fourth-order valence-corrected chi connectivity index (χ4v) is 2.09. The summed E-state index contributed by atoms with van der Waals surface area (Å²) in [5.74, 6) is -2.19. The standard InChI is InChI=1S/C13H11ClF3N3O4/c14-7-3-6(13(15,16)17)4-18-11(7)20-10(22)5-24-12(23)8-1-2-9(21)19-8/h3-4,8H,1-2,5H2,(H,19,21)(H,18,20,22). The van der Waals surface area contributed by atoms with E-state index >= 15 is 0 Å². The van der Waals surface area contributed by atoms with Gasteiger partial charge in [-0.1, -0.05) is 11.6 Å². The highest BCUT2D eigenvalue weighted by molar-refractivity contribution is 6.33. The molecular weight excluding hydrogens is 355 g/mol. The van der Waals surface area contributed by atoms with Gasteiger partial charge >= 0.3 is 12.1 Å². The fraction of sp³-hybridized carbons (Fsp3) is 0.385. The van der Waals surface area contributed by atoms with Crippen LogP contribution in [0.3, 0.4) is 0 Å². The van der Waals surface area contributed by atoms with Crippen molar-refractivity contribution in [2.45, 2.75) is 25.1 Å². The van der Waals surface area contributed by atoms with Gasteiger partial charge in [0.05, 0.1) is 10.6 Å². The van der Waals surface area contributed by atoms with Crippen molar-refractivity contribution >= 4 is 35.2 Å². The average Bonchev–Trinajstić information content (AvgIpc) is 2.92. The van der Waals surface area contributed by atoms with Crippen LogP contribution in [0, 0.1) is 0 Å². The van der Waals surface area contributed by atoms with Gasteiger partial charge in [-0.15, -0.1) is 0 Å². The van der Waals surface area contributed by atoms with Crippen LogP contribution in [0.4, 0.5) is 19.0 Å². The largest absolute Gasteiger partial charge is 0.454 e. The van der Waals surface area contributed by atoms with E-state index in [1.165, 1.54) is 0 Å². The summed E-state index contributed by atoms with van der Waals surface area (Å²) in [7, 11) is 0. The lowest BCUT2D eigenvalue weighted by Gasteiger charge is -2.11. The summed E-state index contributed by atoms with van der Waals surface area (Å²) in [4.78, 5) is 37.6. The van der Waals surface area contributed by atoms with Crippen molar-refractivity contribution in [2.24, 2.45) is 0 Å². The summed E-state index contributed by atoms with van der Waals surface area (Å²) in [6.07, 6.45) is -3.63. The molecule has 1 unspecified atom stereocenters. The molecular formula is C13H11ClF3N3O4. The Morgan fingerprint density at radius 1 is 1.46 bits per heavy atom. The lowest BCUT2D eigenvalue weighted by Crippen LogP contribution is -2.36. The Kier molecular flexibility index (Phi) is 5.27. The van der Waals surface area contributed by atoms with E-state index in [9.17, 15) is 27.6 Å². The molecule has 0 spiro atoms. The highest BCUT2D eigenvalue weighted by Gasteiger charge is 2.32. The quantitative estimate of drug-likeness (QED) is 0.788. The fourth-order valence-electron chi connectivity index (χ4n) is 1.88. The Balaban J connectivity index is 1.88. The third-order valence-electron chi connectivity index (χ3n) is 3.05. The number of ether oxygens (including phenoxy) is 1. The molecule has 0 aromatic carbocycles. The summed E-state index contributed by atoms with van der Waals surface area (Å²) < 4.78 is 42.1. The van der Waals surface area contributed by atoms with Gasteiger partial charge in [-0.25, -0.2) is 9.78 Å². The monoisotopic (exact) mass is 365 g/mol. The first-order chi connectivity index (χ1) is 11.2. The number of hydrogen-bond acceptors (Lipinski definition) is 5. The number of aromatic nitrogens is 1. The third-order valence-corrected chi connectivity index (χ3v) is 3.34. The molecule has 0 radical (unpaired) electrons. The minimum Gasteiger partial charge on any atom is -0.454 e. The van der Waals surface area contributed by atoms with E-state index in [0.29, 0.717) is 12.3 Å². The van der Waals surface area contributed by atoms with E-state index in [1.54, 1.807) is 0 Å². The molecule has 11 heteroatoms. The number of esters is 1. The number of halogens is 4. The van der Waals surface area contributed by atoms with Gasteiger partial charge in [0.2, 0.25) is 5.91 Å². The molecule has 1 aromatic rings. The number of hydrogen-bond donors (Lipinski definition) is 2. The van der Waals surface area contributed by atoms with E-state index in [2.05, 4.69) is 15.6 Å². The van der Waals surface area contributed by atoms with Crippen LogP contribution in [0.5, 0.6) is 0 Å². The predicted octanol–water partition coefficient (Wildman–Crippen LogP) is 1.51. The van der Waals surface area contributed by atoms with E-state index in [0.717, 1.165) is 0 Å². The topological polar surface area (TPSA) is 97.4 Å². The van der Waals surface area contributed by atoms with Gasteiger partial charge in [0, 0.05) is 12.6 Å². The van der Waals surface area contributed by atoms with E-state index in [1.807, 2.05) is 0 Å². The zero-order chi connectivity index (χ0) is 17.9. The van der Waals surface area contributed by atoms with Crippen molar-refractivity contribution in [3.05, 3.63) is 22.8 Å². The predicted molar refractivity (Wildman–Crippen MR) is 75.0 cm³/mol. The van der Waals surface area contributed by atoms with Crippen LogP contribution >= 0.6 is 11.6 Å². The van der Waals surface area contributed by atoms with Gasteiger partial charge < -0.3 is 15.4 Å². The molecule has 2 N–H and O–H groups in total. The van der Waals surface area contributed by atoms with Crippen molar-refractivity contribution in [3.63, 3.8) is 0 Å². The smallest absolute Gasteiger partial charge is 0.417 e. The van der Waals surface area contributed by atoms with E-state index in [4.69, 9.17) is 16.3 Å².